The van der Waals surface area contributed by atoms with Crippen LogP contribution in [0.1, 0.15) is 10.4 Å². The Bertz CT molecular complexity index is 582. The summed E-state index contributed by atoms with van der Waals surface area (Å²) in [5, 5.41) is 0. The van der Waals surface area contributed by atoms with Gasteiger partial charge in [-0.15, -0.1) is 0 Å². The Morgan fingerprint density at radius 2 is 1.71 bits per heavy atom. The van der Waals surface area contributed by atoms with E-state index in [2.05, 4.69) is 15.9 Å². The maximum Gasteiger partial charge on any atom is 0.150 e. The van der Waals surface area contributed by atoms with Gasteiger partial charge in [0.1, 0.15) is 17.9 Å². The third-order valence-corrected chi connectivity index (χ3v) is 2.84. The van der Waals surface area contributed by atoms with Crippen LogP contribution >= 0.6 is 15.9 Å². The highest BCUT2D eigenvalue weighted by atomic mass is 79.9. The lowest BCUT2D eigenvalue weighted by Gasteiger charge is -2.06. The van der Waals surface area contributed by atoms with Gasteiger partial charge in [0.05, 0.1) is 0 Å². The molecule has 0 N–H and O–H groups in total. The van der Waals surface area contributed by atoms with Gasteiger partial charge in [-0.1, -0.05) is 28.1 Å². The van der Waals surface area contributed by atoms with E-state index in [4.69, 9.17) is 0 Å². The standard InChI is InChI=1S/C13H7BrF2O/c14-9-2-4-12(15)11(6-9)10-3-1-8(7-17)5-13(10)16/h1-7H. The Morgan fingerprint density at radius 3 is 2.35 bits per heavy atom. The van der Waals surface area contributed by atoms with Gasteiger partial charge >= 0.3 is 0 Å². The first-order valence-electron chi connectivity index (χ1n) is 4.82. The van der Waals surface area contributed by atoms with E-state index < -0.39 is 11.6 Å². The minimum Gasteiger partial charge on any atom is -0.298 e. The second-order valence-electron chi connectivity index (χ2n) is 3.48. The summed E-state index contributed by atoms with van der Waals surface area (Å²) in [6.45, 7) is 0. The van der Waals surface area contributed by atoms with Gasteiger partial charge in [0.2, 0.25) is 0 Å². The average Bonchev–Trinajstić information content (AvgIpc) is 2.32. The van der Waals surface area contributed by atoms with Crippen LogP contribution in [0.25, 0.3) is 11.1 Å². The Hall–Kier alpha value is -1.55. The van der Waals surface area contributed by atoms with Gasteiger partial charge in [-0.3, -0.25) is 4.79 Å². The van der Waals surface area contributed by atoms with E-state index >= 15 is 0 Å². The minimum absolute atomic E-state index is 0.134. The van der Waals surface area contributed by atoms with Crippen molar-refractivity contribution >= 4 is 22.2 Å². The van der Waals surface area contributed by atoms with E-state index in [0.717, 1.165) is 6.07 Å². The molecule has 0 aliphatic carbocycles. The first kappa shape index (κ1) is 11.9. The number of aldehydes is 1. The largest absolute Gasteiger partial charge is 0.298 e. The summed E-state index contributed by atoms with van der Waals surface area (Å²) < 4.78 is 27.9. The lowest BCUT2D eigenvalue weighted by molar-refractivity contribution is 0.112. The molecule has 0 saturated heterocycles. The summed E-state index contributed by atoms with van der Waals surface area (Å²) in [7, 11) is 0. The predicted octanol–water partition coefficient (Wildman–Crippen LogP) is 4.21. The molecule has 0 radical (unpaired) electrons. The Balaban J connectivity index is 2.60. The van der Waals surface area contributed by atoms with Crippen molar-refractivity contribution in [3.8, 4) is 11.1 Å². The lowest BCUT2D eigenvalue weighted by atomic mass is 10.0. The molecule has 0 saturated carbocycles. The summed E-state index contributed by atoms with van der Waals surface area (Å²) in [6, 6.07) is 8.22. The Kier molecular flexibility index (Phi) is 3.33. The topological polar surface area (TPSA) is 17.1 Å². The van der Waals surface area contributed by atoms with Crippen molar-refractivity contribution in [3.63, 3.8) is 0 Å². The highest BCUT2D eigenvalue weighted by molar-refractivity contribution is 9.10. The number of halogens is 3. The smallest absolute Gasteiger partial charge is 0.150 e. The van der Waals surface area contributed by atoms with Crippen LogP contribution in [0.3, 0.4) is 0 Å². The highest BCUT2D eigenvalue weighted by Crippen LogP contribution is 2.28. The zero-order chi connectivity index (χ0) is 12.4. The molecule has 0 aliphatic rings. The second kappa shape index (κ2) is 4.75. The molecule has 4 heteroatoms. The second-order valence-corrected chi connectivity index (χ2v) is 4.40. The SMILES string of the molecule is O=Cc1ccc(-c2cc(Br)ccc2F)c(F)c1. The molecule has 0 aromatic heterocycles. The molecule has 2 rings (SSSR count). The summed E-state index contributed by atoms with van der Waals surface area (Å²) in [5.74, 6) is -1.13. The van der Waals surface area contributed by atoms with Crippen molar-refractivity contribution in [3.05, 3.63) is 58.1 Å². The number of hydrogen-bond donors (Lipinski definition) is 0. The summed E-state index contributed by atoms with van der Waals surface area (Å²) in [5.41, 5.74) is 0.519. The van der Waals surface area contributed by atoms with E-state index in [1.807, 2.05) is 0 Å². The fourth-order valence-electron chi connectivity index (χ4n) is 1.53. The molecule has 0 aliphatic heterocycles. The number of carbonyl (C=O) groups excluding carboxylic acids is 1. The van der Waals surface area contributed by atoms with Gasteiger partial charge in [0.15, 0.2) is 0 Å². The van der Waals surface area contributed by atoms with Crippen molar-refractivity contribution in [1.82, 2.24) is 0 Å². The predicted molar refractivity (Wildman–Crippen MR) is 64.9 cm³/mol. The third kappa shape index (κ3) is 2.42. The molecule has 86 valence electrons. The summed E-state index contributed by atoms with van der Waals surface area (Å²) in [4.78, 5) is 10.5. The van der Waals surface area contributed by atoms with Crippen LogP contribution in [0, 0.1) is 11.6 Å². The fourth-order valence-corrected chi connectivity index (χ4v) is 1.89. The normalized spacial score (nSPS) is 10.3. The molecule has 0 fully saturated rings. The van der Waals surface area contributed by atoms with Gasteiger partial charge in [-0.05, 0) is 24.3 Å². The van der Waals surface area contributed by atoms with Crippen LogP contribution < -0.4 is 0 Å². The molecular weight excluding hydrogens is 290 g/mol. The first-order chi connectivity index (χ1) is 8.11. The van der Waals surface area contributed by atoms with E-state index in [-0.39, 0.29) is 16.7 Å². The molecule has 2 aromatic carbocycles. The van der Waals surface area contributed by atoms with Crippen molar-refractivity contribution in [1.29, 1.82) is 0 Å². The third-order valence-electron chi connectivity index (χ3n) is 2.35. The minimum atomic E-state index is -0.619. The van der Waals surface area contributed by atoms with Crippen LogP contribution in [-0.2, 0) is 0 Å². The van der Waals surface area contributed by atoms with Crippen LogP contribution in [0.5, 0.6) is 0 Å². The zero-order valence-corrected chi connectivity index (χ0v) is 10.2. The Morgan fingerprint density at radius 1 is 0.941 bits per heavy atom. The van der Waals surface area contributed by atoms with Crippen LogP contribution in [0.15, 0.2) is 40.9 Å². The van der Waals surface area contributed by atoms with Crippen molar-refractivity contribution in [2.45, 2.75) is 0 Å². The van der Waals surface area contributed by atoms with Crippen LogP contribution in [-0.4, -0.2) is 6.29 Å². The number of carbonyl (C=O) groups is 1. The highest BCUT2D eigenvalue weighted by Gasteiger charge is 2.11. The first-order valence-corrected chi connectivity index (χ1v) is 5.61. The molecule has 0 heterocycles. The van der Waals surface area contributed by atoms with Gasteiger partial charge in [0, 0.05) is 21.2 Å². The zero-order valence-electron chi connectivity index (χ0n) is 8.58. The number of hydrogen-bond acceptors (Lipinski definition) is 1. The summed E-state index contributed by atoms with van der Waals surface area (Å²) in [6.07, 6.45) is 0.546. The van der Waals surface area contributed by atoms with E-state index in [9.17, 15) is 13.6 Å². The molecule has 0 bridgehead atoms. The number of rotatable bonds is 2. The maximum absolute atomic E-state index is 13.7. The molecule has 1 nitrogen and oxygen atoms in total. The van der Waals surface area contributed by atoms with Gasteiger partial charge in [0.25, 0.3) is 0 Å². The quantitative estimate of drug-likeness (QED) is 0.759. The fraction of sp³-hybridized carbons (Fsp3) is 0. The van der Waals surface area contributed by atoms with Gasteiger partial charge in [-0.2, -0.15) is 0 Å². The van der Waals surface area contributed by atoms with Crippen LogP contribution in [0.4, 0.5) is 8.78 Å². The monoisotopic (exact) mass is 296 g/mol. The molecule has 0 unspecified atom stereocenters. The van der Waals surface area contributed by atoms with E-state index in [1.165, 1.54) is 30.3 Å². The molecular formula is C13H7BrF2O. The summed E-state index contributed by atoms with van der Waals surface area (Å²) >= 11 is 3.20. The molecule has 2 aromatic rings. The molecule has 0 atom stereocenters. The maximum atomic E-state index is 13.7. The Labute approximate surface area is 105 Å². The van der Waals surface area contributed by atoms with Crippen molar-refractivity contribution in [2.75, 3.05) is 0 Å². The molecule has 0 spiro atoms. The van der Waals surface area contributed by atoms with Crippen molar-refractivity contribution < 1.29 is 13.6 Å². The van der Waals surface area contributed by atoms with Crippen molar-refractivity contribution in [2.24, 2.45) is 0 Å². The lowest BCUT2D eigenvalue weighted by Crippen LogP contribution is -1.91. The number of benzene rings is 2. The average molecular weight is 297 g/mol. The van der Waals surface area contributed by atoms with Gasteiger partial charge < -0.3 is 0 Å². The molecule has 17 heavy (non-hydrogen) atoms. The molecule has 0 amide bonds. The van der Waals surface area contributed by atoms with E-state index in [0.29, 0.717) is 10.8 Å². The van der Waals surface area contributed by atoms with Crippen LogP contribution in [0.2, 0.25) is 0 Å². The van der Waals surface area contributed by atoms with Gasteiger partial charge in [-0.25, -0.2) is 8.78 Å². The van der Waals surface area contributed by atoms with E-state index in [1.54, 1.807) is 0 Å².